The van der Waals surface area contributed by atoms with Crippen molar-refractivity contribution in [2.24, 2.45) is 0 Å². The minimum atomic E-state index is -3.88. The first kappa shape index (κ1) is 28.5. The summed E-state index contributed by atoms with van der Waals surface area (Å²) in [5, 5.41) is 2.78. The van der Waals surface area contributed by atoms with Crippen LogP contribution in [0.1, 0.15) is 40.1 Å². The first-order chi connectivity index (χ1) is 19.7. The molecule has 3 aromatic rings. The van der Waals surface area contributed by atoms with Crippen molar-refractivity contribution in [2.75, 3.05) is 31.6 Å². The van der Waals surface area contributed by atoms with Crippen LogP contribution in [0.15, 0.2) is 77.7 Å². The van der Waals surface area contributed by atoms with Crippen molar-refractivity contribution in [3.05, 3.63) is 89.5 Å². The monoisotopic (exact) mass is 577 g/mol. The van der Waals surface area contributed by atoms with E-state index in [1.807, 2.05) is 6.07 Å². The lowest BCUT2D eigenvalue weighted by Crippen LogP contribution is -2.48. The molecule has 1 saturated heterocycles. The largest absolute Gasteiger partial charge is 0.489 e. The second-order valence-electron chi connectivity index (χ2n) is 10.1. The number of hydrogen-bond acceptors (Lipinski definition) is 7. The molecule has 0 spiro atoms. The van der Waals surface area contributed by atoms with Gasteiger partial charge in [-0.05, 0) is 49.7 Å². The molecule has 3 amide bonds. The first-order valence-electron chi connectivity index (χ1n) is 13.4. The number of morpholine rings is 1. The molecule has 0 aromatic heterocycles. The number of imide groups is 1. The molecule has 1 N–H and O–H groups in total. The Hall–Kier alpha value is -4.06. The Bertz CT molecular complexity index is 1530. The van der Waals surface area contributed by atoms with E-state index in [9.17, 15) is 22.8 Å². The van der Waals surface area contributed by atoms with E-state index < -0.39 is 33.8 Å². The minimum Gasteiger partial charge on any atom is -0.489 e. The van der Waals surface area contributed by atoms with Crippen molar-refractivity contribution in [1.29, 1.82) is 0 Å². The number of nitrogens with one attached hydrogen (secondary N) is 1. The maximum absolute atomic E-state index is 14.0. The van der Waals surface area contributed by atoms with Gasteiger partial charge in [0, 0.05) is 19.5 Å². The SMILES string of the molecule is CC(C)Oc1ccc(S(=O)(=O)N2CCOCC2)cc1NC(=O)C(Cc1ccccc1)N1C(=O)c2ccccc2C1=O. The number of benzene rings is 3. The molecule has 2 heterocycles. The molecular formula is C30H31N3O7S. The molecule has 0 saturated carbocycles. The molecule has 2 aliphatic rings. The third-order valence-corrected chi connectivity index (χ3v) is 8.79. The molecule has 1 atom stereocenters. The quantitative estimate of drug-likeness (QED) is 0.387. The smallest absolute Gasteiger partial charge is 0.262 e. The Labute approximate surface area is 238 Å². The van der Waals surface area contributed by atoms with Crippen LogP contribution in [0.3, 0.4) is 0 Å². The zero-order valence-corrected chi connectivity index (χ0v) is 23.6. The minimum absolute atomic E-state index is 0.0221. The lowest BCUT2D eigenvalue weighted by Gasteiger charge is -2.27. The molecule has 0 radical (unpaired) electrons. The summed E-state index contributed by atoms with van der Waals surface area (Å²) in [5.74, 6) is -1.53. The van der Waals surface area contributed by atoms with Crippen molar-refractivity contribution in [3.8, 4) is 5.75 Å². The van der Waals surface area contributed by atoms with Crippen molar-refractivity contribution in [3.63, 3.8) is 0 Å². The molecule has 2 aliphatic heterocycles. The maximum atomic E-state index is 14.0. The van der Waals surface area contributed by atoms with Crippen LogP contribution in [0.5, 0.6) is 5.75 Å². The van der Waals surface area contributed by atoms with Gasteiger partial charge in [-0.3, -0.25) is 19.3 Å². The van der Waals surface area contributed by atoms with Gasteiger partial charge < -0.3 is 14.8 Å². The van der Waals surface area contributed by atoms with Gasteiger partial charge in [-0.15, -0.1) is 0 Å². The number of fused-ring (bicyclic) bond motifs is 1. The molecule has 0 bridgehead atoms. The van der Waals surface area contributed by atoms with E-state index in [-0.39, 0.29) is 53.1 Å². The van der Waals surface area contributed by atoms with Gasteiger partial charge in [0.15, 0.2) is 0 Å². The van der Waals surface area contributed by atoms with Crippen molar-refractivity contribution in [2.45, 2.75) is 37.3 Å². The van der Waals surface area contributed by atoms with Gasteiger partial charge in [-0.25, -0.2) is 8.42 Å². The van der Waals surface area contributed by atoms with Crippen LogP contribution in [0.2, 0.25) is 0 Å². The standard InChI is InChI=1S/C30H31N3O7S/c1-20(2)40-27-13-12-22(41(37,38)32-14-16-39-17-15-32)19-25(27)31-28(34)26(18-21-8-4-3-5-9-21)33-29(35)23-10-6-7-11-24(23)30(33)36/h3-13,19-20,26H,14-18H2,1-2H3,(H,31,34). The van der Waals surface area contributed by atoms with Crippen LogP contribution >= 0.6 is 0 Å². The van der Waals surface area contributed by atoms with Crippen LogP contribution in [0.4, 0.5) is 5.69 Å². The number of anilines is 1. The van der Waals surface area contributed by atoms with Crippen LogP contribution in [-0.2, 0) is 26.0 Å². The lowest BCUT2D eigenvalue weighted by atomic mass is 10.0. The van der Waals surface area contributed by atoms with Gasteiger partial charge in [0.2, 0.25) is 15.9 Å². The van der Waals surface area contributed by atoms with Crippen molar-refractivity contribution >= 4 is 33.4 Å². The Morgan fingerprint density at radius 2 is 1.54 bits per heavy atom. The number of carbonyl (C=O) groups excluding carboxylic acids is 3. The molecule has 1 fully saturated rings. The summed E-state index contributed by atoms with van der Waals surface area (Å²) in [6.45, 7) is 4.62. The number of carbonyl (C=O) groups is 3. The van der Waals surface area contributed by atoms with E-state index in [4.69, 9.17) is 9.47 Å². The molecule has 1 unspecified atom stereocenters. The zero-order chi connectivity index (χ0) is 29.1. The van der Waals surface area contributed by atoms with Crippen LogP contribution in [0, 0.1) is 0 Å². The number of sulfonamides is 1. The fraction of sp³-hybridized carbons (Fsp3) is 0.300. The Kier molecular flexibility index (Phi) is 8.20. The van der Waals surface area contributed by atoms with Gasteiger partial charge >= 0.3 is 0 Å². The van der Waals surface area contributed by atoms with Gasteiger partial charge in [0.05, 0.1) is 41.0 Å². The van der Waals surface area contributed by atoms with Gasteiger partial charge in [-0.1, -0.05) is 42.5 Å². The van der Waals surface area contributed by atoms with Crippen LogP contribution < -0.4 is 10.1 Å². The predicted molar refractivity (Wildman–Crippen MR) is 151 cm³/mol. The van der Waals surface area contributed by atoms with Crippen LogP contribution in [-0.4, -0.2) is 73.8 Å². The number of amides is 3. The Morgan fingerprint density at radius 1 is 0.927 bits per heavy atom. The predicted octanol–water partition coefficient (Wildman–Crippen LogP) is 3.34. The molecule has 11 heteroatoms. The summed E-state index contributed by atoms with van der Waals surface area (Å²) >= 11 is 0. The molecule has 41 heavy (non-hydrogen) atoms. The lowest BCUT2D eigenvalue weighted by molar-refractivity contribution is -0.120. The van der Waals surface area contributed by atoms with Gasteiger partial charge in [0.25, 0.3) is 11.8 Å². The highest BCUT2D eigenvalue weighted by atomic mass is 32.2. The fourth-order valence-corrected chi connectivity index (χ4v) is 6.34. The van der Waals surface area contributed by atoms with E-state index in [2.05, 4.69) is 5.32 Å². The van der Waals surface area contributed by atoms with E-state index in [1.54, 1.807) is 62.4 Å². The van der Waals surface area contributed by atoms with Crippen LogP contribution in [0.25, 0.3) is 0 Å². The summed E-state index contributed by atoms with van der Waals surface area (Å²) in [6.07, 6.45) is -0.215. The highest BCUT2D eigenvalue weighted by Gasteiger charge is 2.43. The van der Waals surface area contributed by atoms with E-state index in [1.165, 1.54) is 22.5 Å². The third kappa shape index (κ3) is 5.88. The summed E-state index contributed by atoms with van der Waals surface area (Å²) in [7, 11) is -3.88. The summed E-state index contributed by atoms with van der Waals surface area (Å²) in [4.78, 5) is 41.7. The summed E-state index contributed by atoms with van der Waals surface area (Å²) in [5.41, 5.74) is 1.32. The Morgan fingerprint density at radius 3 is 2.15 bits per heavy atom. The van der Waals surface area contributed by atoms with E-state index in [0.29, 0.717) is 13.2 Å². The highest BCUT2D eigenvalue weighted by Crippen LogP contribution is 2.32. The number of hydrogen-bond donors (Lipinski definition) is 1. The van der Waals surface area contributed by atoms with Gasteiger partial charge in [-0.2, -0.15) is 4.31 Å². The van der Waals surface area contributed by atoms with Crippen molar-refractivity contribution < 1.29 is 32.3 Å². The zero-order valence-electron chi connectivity index (χ0n) is 22.8. The molecular weight excluding hydrogens is 546 g/mol. The second-order valence-corrected chi connectivity index (χ2v) is 12.0. The molecule has 214 valence electrons. The average molecular weight is 578 g/mol. The Balaban J connectivity index is 1.51. The summed E-state index contributed by atoms with van der Waals surface area (Å²) in [6, 6.07) is 18.6. The first-order valence-corrected chi connectivity index (χ1v) is 14.8. The molecule has 10 nitrogen and oxygen atoms in total. The van der Waals surface area contributed by atoms with E-state index >= 15 is 0 Å². The third-order valence-electron chi connectivity index (χ3n) is 6.89. The maximum Gasteiger partial charge on any atom is 0.262 e. The van der Waals surface area contributed by atoms with E-state index in [0.717, 1.165) is 10.5 Å². The number of ether oxygens (including phenoxy) is 2. The molecule has 3 aromatic carbocycles. The number of nitrogens with zero attached hydrogens (tertiary/aromatic N) is 2. The topological polar surface area (TPSA) is 122 Å². The summed E-state index contributed by atoms with van der Waals surface area (Å²) < 4.78 is 39.3. The van der Waals surface area contributed by atoms with Gasteiger partial charge in [0.1, 0.15) is 11.8 Å². The normalized spacial score (nSPS) is 16.5. The van der Waals surface area contributed by atoms with Crippen molar-refractivity contribution in [1.82, 2.24) is 9.21 Å². The highest BCUT2D eigenvalue weighted by molar-refractivity contribution is 7.89. The second kappa shape index (κ2) is 11.8. The fourth-order valence-electron chi connectivity index (χ4n) is 4.91. The molecule has 0 aliphatic carbocycles. The molecule has 5 rings (SSSR count). The number of rotatable bonds is 9. The average Bonchev–Trinajstić information content (AvgIpc) is 3.22.